The van der Waals surface area contributed by atoms with Gasteiger partial charge in [0.1, 0.15) is 0 Å². The molecule has 1 atom stereocenters. The second kappa shape index (κ2) is 6.83. The van der Waals surface area contributed by atoms with Crippen LogP contribution in [-0.2, 0) is 15.8 Å². The van der Waals surface area contributed by atoms with Crippen molar-refractivity contribution in [3.05, 3.63) is 63.5 Å². The highest BCUT2D eigenvalue weighted by molar-refractivity contribution is 7.10. The van der Waals surface area contributed by atoms with Crippen LogP contribution in [0, 0.1) is 5.41 Å². The van der Waals surface area contributed by atoms with Gasteiger partial charge in [0.2, 0.25) is 5.91 Å². The van der Waals surface area contributed by atoms with E-state index in [1.165, 1.54) is 29.5 Å². The Hall–Kier alpha value is -2.41. The lowest BCUT2D eigenvalue weighted by Crippen LogP contribution is -2.44. The first-order valence-electron chi connectivity index (χ1n) is 9.37. The van der Waals surface area contributed by atoms with Crippen molar-refractivity contribution in [3.63, 3.8) is 0 Å². The van der Waals surface area contributed by atoms with E-state index < -0.39 is 29.0 Å². The van der Waals surface area contributed by atoms with E-state index in [9.17, 15) is 22.8 Å². The van der Waals surface area contributed by atoms with E-state index in [1.807, 2.05) is 31.4 Å². The Labute approximate surface area is 170 Å². The van der Waals surface area contributed by atoms with Crippen LogP contribution < -0.4 is 4.90 Å². The summed E-state index contributed by atoms with van der Waals surface area (Å²) in [5, 5.41) is 1.88. The number of nitrogens with zero attached hydrogens (tertiary/aromatic N) is 1. The number of alkyl halides is 3. The number of carbonyl (C=O) groups is 2. The van der Waals surface area contributed by atoms with Crippen LogP contribution in [0.3, 0.4) is 0 Å². The molecule has 1 amide bonds. The lowest BCUT2D eigenvalue weighted by Gasteiger charge is -2.43. The summed E-state index contributed by atoms with van der Waals surface area (Å²) in [4.78, 5) is 28.3. The molecule has 7 heteroatoms. The van der Waals surface area contributed by atoms with Crippen molar-refractivity contribution in [2.75, 3.05) is 4.90 Å². The first kappa shape index (κ1) is 19.9. The molecular weight excluding hydrogens is 399 g/mol. The van der Waals surface area contributed by atoms with Gasteiger partial charge in [0, 0.05) is 34.9 Å². The SMILES string of the molecule is CC1(C)CC(=O)C2=C(C1)N(c1ccccc1C(F)(F)F)C(=O)CC2c1cccs1. The van der Waals surface area contributed by atoms with Crippen molar-refractivity contribution < 1.29 is 22.8 Å². The lowest BCUT2D eigenvalue weighted by atomic mass is 9.70. The molecule has 1 aliphatic heterocycles. The number of hydrogen-bond acceptors (Lipinski definition) is 3. The van der Waals surface area contributed by atoms with Gasteiger partial charge in [-0.3, -0.25) is 14.5 Å². The molecule has 2 aromatic rings. The Balaban J connectivity index is 1.94. The molecule has 0 fully saturated rings. The lowest BCUT2D eigenvalue weighted by molar-refractivity contribution is -0.137. The van der Waals surface area contributed by atoms with E-state index in [0.717, 1.165) is 15.8 Å². The maximum Gasteiger partial charge on any atom is 0.418 e. The Morgan fingerprint density at radius 3 is 2.45 bits per heavy atom. The van der Waals surface area contributed by atoms with Gasteiger partial charge in [-0.05, 0) is 35.4 Å². The molecule has 1 unspecified atom stereocenters. The number of amides is 1. The summed E-state index contributed by atoms with van der Waals surface area (Å²) in [6.07, 6.45) is -3.93. The predicted molar refractivity (Wildman–Crippen MR) is 106 cm³/mol. The quantitative estimate of drug-likeness (QED) is 0.605. The van der Waals surface area contributed by atoms with Crippen LogP contribution in [0.2, 0.25) is 0 Å². The number of thiophene rings is 1. The zero-order chi connectivity index (χ0) is 21.0. The summed E-state index contributed by atoms with van der Waals surface area (Å²) in [6, 6.07) is 8.80. The van der Waals surface area contributed by atoms with Crippen molar-refractivity contribution in [2.45, 2.75) is 45.2 Å². The van der Waals surface area contributed by atoms with Crippen molar-refractivity contribution >= 4 is 28.7 Å². The van der Waals surface area contributed by atoms with E-state index in [0.29, 0.717) is 24.1 Å². The van der Waals surface area contributed by atoms with Crippen LogP contribution in [0.1, 0.15) is 49.5 Å². The maximum atomic E-state index is 13.7. The number of anilines is 1. The predicted octanol–water partition coefficient (Wildman–Crippen LogP) is 5.93. The number of carbonyl (C=O) groups excluding carboxylic acids is 2. The third kappa shape index (κ3) is 3.52. The molecule has 3 nitrogen and oxygen atoms in total. The summed E-state index contributed by atoms with van der Waals surface area (Å²) < 4.78 is 41.0. The molecule has 0 spiro atoms. The van der Waals surface area contributed by atoms with Gasteiger partial charge in [-0.2, -0.15) is 13.2 Å². The van der Waals surface area contributed by atoms with Gasteiger partial charge < -0.3 is 0 Å². The first-order valence-corrected chi connectivity index (χ1v) is 10.3. The first-order chi connectivity index (χ1) is 13.6. The number of rotatable bonds is 2. The van der Waals surface area contributed by atoms with E-state index >= 15 is 0 Å². The minimum absolute atomic E-state index is 0.0162. The number of hydrogen-bond donors (Lipinski definition) is 0. The summed E-state index contributed by atoms with van der Waals surface area (Å²) in [5.41, 5.74) is -0.599. The summed E-state index contributed by atoms with van der Waals surface area (Å²) in [7, 11) is 0. The molecule has 29 heavy (non-hydrogen) atoms. The molecular formula is C22H20F3NO2S. The van der Waals surface area contributed by atoms with Gasteiger partial charge in [-0.1, -0.05) is 32.0 Å². The molecule has 2 heterocycles. The van der Waals surface area contributed by atoms with Gasteiger partial charge in [-0.25, -0.2) is 0 Å². The monoisotopic (exact) mass is 419 g/mol. The van der Waals surface area contributed by atoms with Crippen LogP contribution in [0.25, 0.3) is 0 Å². The van der Waals surface area contributed by atoms with Crippen LogP contribution >= 0.6 is 11.3 Å². The number of benzene rings is 1. The van der Waals surface area contributed by atoms with Crippen LogP contribution in [0.5, 0.6) is 0 Å². The second-order valence-corrected chi connectivity index (χ2v) is 9.30. The number of allylic oxidation sites excluding steroid dienone is 2. The fourth-order valence-electron chi connectivity index (χ4n) is 4.34. The van der Waals surface area contributed by atoms with E-state index in [2.05, 4.69) is 0 Å². The third-order valence-electron chi connectivity index (χ3n) is 5.48. The number of Topliss-reactive ketones (excluding diaryl/α,β-unsaturated/α-hetero) is 1. The number of halogens is 3. The van der Waals surface area contributed by atoms with Crippen molar-refractivity contribution in [1.82, 2.24) is 0 Å². The Bertz CT molecular complexity index is 1010. The summed E-state index contributed by atoms with van der Waals surface area (Å²) in [6.45, 7) is 3.81. The van der Waals surface area contributed by atoms with Gasteiger partial charge in [0.05, 0.1) is 11.3 Å². The fourth-order valence-corrected chi connectivity index (χ4v) is 5.17. The topological polar surface area (TPSA) is 37.4 Å². The van der Waals surface area contributed by atoms with Gasteiger partial charge in [0.25, 0.3) is 0 Å². The minimum Gasteiger partial charge on any atom is -0.294 e. The highest BCUT2D eigenvalue weighted by Gasteiger charge is 2.46. The molecule has 1 aromatic heterocycles. The third-order valence-corrected chi connectivity index (χ3v) is 6.47. The van der Waals surface area contributed by atoms with Crippen molar-refractivity contribution in [1.29, 1.82) is 0 Å². The molecule has 1 aromatic carbocycles. The van der Waals surface area contributed by atoms with Crippen LogP contribution in [0.4, 0.5) is 18.9 Å². The maximum absolute atomic E-state index is 13.7. The van der Waals surface area contributed by atoms with E-state index in [1.54, 1.807) is 0 Å². The molecule has 152 valence electrons. The Kier molecular flexibility index (Phi) is 4.69. The molecule has 0 N–H and O–H groups in total. The molecule has 2 aliphatic rings. The van der Waals surface area contributed by atoms with Crippen LogP contribution in [-0.4, -0.2) is 11.7 Å². The Morgan fingerprint density at radius 2 is 1.79 bits per heavy atom. The molecule has 0 bridgehead atoms. The standard InChI is InChI=1S/C22H20F3NO2S/c1-21(2)11-16-20(17(27)12-21)13(18-8-5-9-29-18)10-19(28)26(16)15-7-4-3-6-14(15)22(23,24)25/h3-9,13H,10-12H2,1-2H3. The summed E-state index contributed by atoms with van der Waals surface area (Å²) in [5.74, 6) is -0.892. The Morgan fingerprint density at radius 1 is 1.07 bits per heavy atom. The molecule has 0 saturated heterocycles. The summed E-state index contributed by atoms with van der Waals surface area (Å²) >= 11 is 1.46. The zero-order valence-corrected chi connectivity index (χ0v) is 16.9. The molecule has 0 saturated carbocycles. The smallest absolute Gasteiger partial charge is 0.294 e. The minimum atomic E-state index is -4.60. The molecule has 4 rings (SSSR count). The van der Waals surface area contributed by atoms with Gasteiger partial charge >= 0.3 is 6.18 Å². The highest BCUT2D eigenvalue weighted by Crippen LogP contribution is 2.50. The zero-order valence-electron chi connectivity index (χ0n) is 16.0. The van der Waals surface area contributed by atoms with Crippen molar-refractivity contribution in [2.24, 2.45) is 5.41 Å². The fraction of sp³-hybridized carbons (Fsp3) is 0.364. The van der Waals surface area contributed by atoms with Crippen molar-refractivity contribution in [3.8, 4) is 0 Å². The van der Waals surface area contributed by atoms with Gasteiger partial charge in [-0.15, -0.1) is 11.3 Å². The number of ketones is 1. The molecule has 0 radical (unpaired) electrons. The van der Waals surface area contributed by atoms with E-state index in [4.69, 9.17) is 0 Å². The van der Waals surface area contributed by atoms with Gasteiger partial charge in [0.15, 0.2) is 5.78 Å². The molecule has 1 aliphatic carbocycles. The largest absolute Gasteiger partial charge is 0.418 e. The average Bonchev–Trinajstić information content (AvgIpc) is 3.13. The average molecular weight is 419 g/mol. The normalized spacial score (nSPS) is 22.1. The highest BCUT2D eigenvalue weighted by atomic mass is 32.1. The van der Waals surface area contributed by atoms with E-state index in [-0.39, 0.29) is 17.9 Å². The number of para-hydroxylation sites is 1. The second-order valence-electron chi connectivity index (χ2n) is 8.32. The van der Waals surface area contributed by atoms with Crippen LogP contribution in [0.15, 0.2) is 53.0 Å².